The van der Waals surface area contributed by atoms with Gasteiger partial charge >= 0.3 is 0 Å². The molecule has 0 aromatic heterocycles. The maximum absolute atomic E-state index is 13.1. The summed E-state index contributed by atoms with van der Waals surface area (Å²) in [7, 11) is 0. The van der Waals surface area contributed by atoms with Crippen LogP contribution < -0.4 is 10.1 Å². The zero-order valence-corrected chi connectivity index (χ0v) is 19.3. The molecule has 0 saturated heterocycles. The molecule has 0 heterocycles. The van der Waals surface area contributed by atoms with Gasteiger partial charge in [-0.2, -0.15) is 0 Å². The molecule has 2 aromatic carbocycles. The molecule has 2 amide bonds. The topological polar surface area (TPSA) is 58.6 Å². The SMILES string of the molecule is CCc1ccc(OCC(=O)N(CCc2ccccc2)[C@H](CC)C(=O)N[C@H](C)CC)cc1. The van der Waals surface area contributed by atoms with Crippen molar-refractivity contribution >= 4 is 11.8 Å². The highest BCUT2D eigenvalue weighted by molar-refractivity contribution is 5.88. The minimum atomic E-state index is -0.517. The van der Waals surface area contributed by atoms with E-state index in [0.717, 1.165) is 18.4 Å². The molecular weight excluding hydrogens is 388 g/mol. The van der Waals surface area contributed by atoms with Crippen LogP contribution in [0.3, 0.4) is 0 Å². The summed E-state index contributed by atoms with van der Waals surface area (Å²) >= 11 is 0. The lowest BCUT2D eigenvalue weighted by atomic mass is 10.1. The molecule has 168 valence electrons. The average molecular weight is 425 g/mol. The van der Waals surface area contributed by atoms with E-state index in [1.54, 1.807) is 4.90 Å². The van der Waals surface area contributed by atoms with Crippen molar-refractivity contribution in [2.75, 3.05) is 13.2 Å². The normalized spacial score (nSPS) is 12.6. The van der Waals surface area contributed by atoms with Crippen molar-refractivity contribution in [1.82, 2.24) is 10.2 Å². The number of benzene rings is 2. The third-order valence-corrected chi connectivity index (χ3v) is 5.57. The number of hydrogen-bond donors (Lipinski definition) is 1. The van der Waals surface area contributed by atoms with Crippen molar-refractivity contribution in [3.63, 3.8) is 0 Å². The van der Waals surface area contributed by atoms with Crippen LogP contribution in [0.1, 0.15) is 51.7 Å². The van der Waals surface area contributed by atoms with Gasteiger partial charge in [0.15, 0.2) is 6.61 Å². The van der Waals surface area contributed by atoms with E-state index in [-0.39, 0.29) is 24.5 Å². The maximum atomic E-state index is 13.1. The van der Waals surface area contributed by atoms with Crippen molar-refractivity contribution in [2.45, 2.75) is 65.5 Å². The third-order valence-electron chi connectivity index (χ3n) is 5.57. The Morgan fingerprint density at radius 1 is 0.935 bits per heavy atom. The Kier molecular flexibility index (Phi) is 10.1. The smallest absolute Gasteiger partial charge is 0.261 e. The molecule has 0 radical (unpaired) electrons. The van der Waals surface area contributed by atoms with Crippen LogP contribution in [-0.4, -0.2) is 41.9 Å². The predicted molar refractivity (Wildman–Crippen MR) is 125 cm³/mol. The first-order chi connectivity index (χ1) is 15.0. The van der Waals surface area contributed by atoms with Gasteiger partial charge in [0, 0.05) is 12.6 Å². The van der Waals surface area contributed by atoms with Crippen molar-refractivity contribution in [2.24, 2.45) is 0 Å². The highest BCUT2D eigenvalue weighted by atomic mass is 16.5. The van der Waals surface area contributed by atoms with E-state index in [2.05, 4.69) is 12.2 Å². The van der Waals surface area contributed by atoms with Crippen LogP contribution in [0.5, 0.6) is 5.75 Å². The number of nitrogens with zero attached hydrogens (tertiary/aromatic N) is 1. The van der Waals surface area contributed by atoms with Crippen LogP contribution >= 0.6 is 0 Å². The number of rotatable bonds is 12. The summed E-state index contributed by atoms with van der Waals surface area (Å²) in [5, 5.41) is 3.03. The number of hydrogen-bond acceptors (Lipinski definition) is 3. The first-order valence-corrected chi connectivity index (χ1v) is 11.3. The van der Waals surface area contributed by atoms with Crippen LogP contribution in [0.15, 0.2) is 54.6 Å². The summed E-state index contributed by atoms with van der Waals surface area (Å²) in [5.74, 6) is 0.373. The fourth-order valence-corrected chi connectivity index (χ4v) is 3.39. The molecule has 5 heteroatoms. The molecule has 2 aromatic rings. The molecule has 31 heavy (non-hydrogen) atoms. The van der Waals surface area contributed by atoms with Gasteiger partial charge in [-0.25, -0.2) is 0 Å². The van der Waals surface area contributed by atoms with Crippen LogP contribution in [0.25, 0.3) is 0 Å². The van der Waals surface area contributed by atoms with Gasteiger partial charge in [0.2, 0.25) is 5.91 Å². The average Bonchev–Trinajstić information content (AvgIpc) is 2.80. The van der Waals surface area contributed by atoms with Gasteiger partial charge in [-0.05, 0) is 55.9 Å². The number of carbonyl (C=O) groups excluding carboxylic acids is 2. The van der Waals surface area contributed by atoms with E-state index in [4.69, 9.17) is 4.74 Å². The molecule has 5 nitrogen and oxygen atoms in total. The minimum Gasteiger partial charge on any atom is -0.484 e. The van der Waals surface area contributed by atoms with Gasteiger partial charge in [-0.1, -0.05) is 63.2 Å². The van der Waals surface area contributed by atoms with Crippen molar-refractivity contribution in [1.29, 1.82) is 0 Å². The van der Waals surface area contributed by atoms with Crippen LogP contribution in [0.4, 0.5) is 0 Å². The van der Waals surface area contributed by atoms with Gasteiger partial charge in [0.05, 0.1) is 0 Å². The fraction of sp³-hybridized carbons (Fsp3) is 0.462. The molecular formula is C26H36N2O3. The second kappa shape index (κ2) is 12.8. The Morgan fingerprint density at radius 2 is 1.61 bits per heavy atom. The maximum Gasteiger partial charge on any atom is 0.261 e. The van der Waals surface area contributed by atoms with Crippen molar-refractivity contribution in [3.05, 3.63) is 65.7 Å². The Bertz CT molecular complexity index is 805. The highest BCUT2D eigenvalue weighted by Gasteiger charge is 2.29. The lowest BCUT2D eigenvalue weighted by Crippen LogP contribution is -2.52. The first-order valence-electron chi connectivity index (χ1n) is 11.3. The molecule has 0 spiro atoms. The molecule has 2 rings (SSSR count). The molecule has 1 N–H and O–H groups in total. The molecule has 0 unspecified atom stereocenters. The van der Waals surface area contributed by atoms with E-state index in [1.807, 2.05) is 75.4 Å². The van der Waals surface area contributed by atoms with Crippen molar-refractivity contribution in [3.8, 4) is 5.75 Å². The standard InChI is InChI=1S/C26H36N2O3/c1-5-20(4)27-26(30)24(7-3)28(18-17-22-11-9-8-10-12-22)25(29)19-31-23-15-13-21(6-2)14-16-23/h8-16,20,24H,5-7,17-19H2,1-4H3,(H,27,30)/t20-,24-/m1/s1. The largest absolute Gasteiger partial charge is 0.484 e. The zero-order valence-electron chi connectivity index (χ0n) is 19.3. The lowest BCUT2D eigenvalue weighted by molar-refractivity contribution is -0.142. The Morgan fingerprint density at radius 3 is 2.19 bits per heavy atom. The Hall–Kier alpha value is -2.82. The van der Waals surface area contributed by atoms with Crippen LogP contribution in [0, 0.1) is 0 Å². The second-order valence-corrected chi connectivity index (χ2v) is 7.85. The van der Waals surface area contributed by atoms with E-state index < -0.39 is 6.04 Å². The molecule has 0 aliphatic rings. The van der Waals surface area contributed by atoms with Crippen LogP contribution in [0.2, 0.25) is 0 Å². The number of ether oxygens (including phenoxy) is 1. The fourth-order valence-electron chi connectivity index (χ4n) is 3.39. The van der Waals surface area contributed by atoms with E-state index in [1.165, 1.54) is 5.56 Å². The quantitative estimate of drug-likeness (QED) is 0.550. The number of carbonyl (C=O) groups is 2. The minimum absolute atomic E-state index is 0.0703. The van der Waals surface area contributed by atoms with E-state index in [0.29, 0.717) is 25.1 Å². The number of nitrogens with one attached hydrogen (secondary N) is 1. The monoisotopic (exact) mass is 424 g/mol. The highest BCUT2D eigenvalue weighted by Crippen LogP contribution is 2.14. The van der Waals surface area contributed by atoms with E-state index >= 15 is 0 Å². The van der Waals surface area contributed by atoms with Gasteiger partial charge in [-0.15, -0.1) is 0 Å². The number of aryl methyl sites for hydroxylation is 1. The second-order valence-electron chi connectivity index (χ2n) is 7.85. The third kappa shape index (κ3) is 7.74. The molecule has 2 atom stereocenters. The zero-order chi connectivity index (χ0) is 22.6. The predicted octanol–water partition coefficient (Wildman–Crippen LogP) is 4.39. The molecule has 0 bridgehead atoms. The first kappa shape index (κ1) is 24.4. The number of amides is 2. The summed E-state index contributed by atoms with van der Waals surface area (Å²) in [6, 6.07) is 17.3. The van der Waals surface area contributed by atoms with Gasteiger partial charge in [0.1, 0.15) is 11.8 Å². The summed E-state index contributed by atoms with van der Waals surface area (Å²) in [5.41, 5.74) is 2.35. The summed E-state index contributed by atoms with van der Waals surface area (Å²) < 4.78 is 5.75. The van der Waals surface area contributed by atoms with Gasteiger partial charge < -0.3 is 15.0 Å². The van der Waals surface area contributed by atoms with Crippen molar-refractivity contribution < 1.29 is 14.3 Å². The summed E-state index contributed by atoms with van der Waals surface area (Å²) in [4.78, 5) is 27.7. The Labute approximate surface area is 186 Å². The van der Waals surface area contributed by atoms with Crippen LogP contribution in [-0.2, 0) is 22.4 Å². The molecule has 0 aliphatic carbocycles. The van der Waals surface area contributed by atoms with E-state index in [9.17, 15) is 9.59 Å². The Balaban J connectivity index is 2.11. The van der Waals surface area contributed by atoms with Gasteiger partial charge in [-0.3, -0.25) is 9.59 Å². The summed E-state index contributed by atoms with van der Waals surface area (Å²) in [6.07, 6.45) is 3.03. The molecule has 0 saturated carbocycles. The summed E-state index contributed by atoms with van der Waals surface area (Å²) in [6.45, 7) is 8.42. The lowest BCUT2D eigenvalue weighted by Gasteiger charge is -2.31. The molecule has 0 aliphatic heterocycles. The van der Waals surface area contributed by atoms with Gasteiger partial charge in [0.25, 0.3) is 5.91 Å². The molecule has 0 fully saturated rings.